The molecular formula is C26H44O3. The maximum absolute atomic E-state index is 10.2. The zero-order chi connectivity index (χ0) is 21.0. The van der Waals surface area contributed by atoms with Crippen LogP contribution in [0.4, 0.5) is 0 Å². The number of fused-ring (bicyclic) bond motifs is 5. The number of allylic oxidation sites excluding steroid dienone is 1. The standard InChI is InChI=1S/C26H44O3/c1-17(29-15-14-24(2,3)28)21-8-9-22-20-7-6-18-16-19(27)10-12-25(18,4)23(20)11-13-26(21,22)5/h6,17,19-23,27-28H,7-16H2,1-5H3/t17-,19-,20-,21+,22-,23-,25-,26+/m0/s1. The molecule has 8 atom stereocenters. The van der Waals surface area contributed by atoms with Crippen LogP contribution < -0.4 is 0 Å². The summed E-state index contributed by atoms with van der Waals surface area (Å²) in [5, 5.41) is 20.2. The number of hydrogen-bond donors (Lipinski definition) is 2. The van der Waals surface area contributed by atoms with Gasteiger partial charge >= 0.3 is 0 Å². The van der Waals surface area contributed by atoms with Gasteiger partial charge in [-0.25, -0.2) is 0 Å². The van der Waals surface area contributed by atoms with E-state index < -0.39 is 5.60 Å². The van der Waals surface area contributed by atoms with Crippen LogP contribution in [-0.4, -0.2) is 34.6 Å². The van der Waals surface area contributed by atoms with Gasteiger partial charge in [0.1, 0.15) is 0 Å². The molecule has 0 bridgehead atoms. The second-order valence-corrected chi connectivity index (χ2v) is 12.0. The van der Waals surface area contributed by atoms with E-state index in [4.69, 9.17) is 4.74 Å². The Morgan fingerprint density at radius 2 is 1.90 bits per heavy atom. The first-order valence-electron chi connectivity index (χ1n) is 12.3. The molecule has 0 amide bonds. The van der Waals surface area contributed by atoms with Gasteiger partial charge in [-0.05, 0) is 113 Å². The average Bonchev–Trinajstić information content (AvgIpc) is 2.98. The highest BCUT2D eigenvalue weighted by molar-refractivity contribution is 5.25. The van der Waals surface area contributed by atoms with Crippen molar-refractivity contribution >= 4 is 0 Å². The Morgan fingerprint density at radius 3 is 2.62 bits per heavy atom. The van der Waals surface area contributed by atoms with E-state index in [-0.39, 0.29) is 12.2 Å². The Bertz CT molecular complexity index is 634. The molecule has 4 aliphatic rings. The molecular weight excluding hydrogens is 360 g/mol. The topological polar surface area (TPSA) is 49.7 Å². The molecule has 0 aromatic heterocycles. The van der Waals surface area contributed by atoms with Gasteiger partial charge in [-0.3, -0.25) is 0 Å². The highest BCUT2D eigenvalue weighted by atomic mass is 16.5. The van der Waals surface area contributed by atoms with Gasteiger partial charge in [-0.15, -0.1) is 0 Å². The minimum Gasteiger partial charge on any atom is -0.393 e. The molecule has 0 aliphatic heterocycles. The summed E-state index contributed by atoms with van der Waals surface area (Å²) in [5.41, 5.74) is 1.65. The predicted molar refractivity (Wildman–Crippen MR) is 118 cm³/mol. The smallest absolute Gasteiger partial charge is 0.0613 e. The van der Waals surface area contributed by atoms with Crippen molar-refractivity contribution in [1.82, 2.24) is 0 Å². The van der Waals surface area contributed by atoms with E-state index in [1.165, 1.54) is 38.5 Å². The Hall–Kier alpha value is -0.380. The molecule has 0 radical (unpaired) electrons. The van der Waals surface area contributed by atoms with Crippen LogP contribution in [0.5, 0.6) is 0 Å². The highest BCUT2D eigenvalue weighted by Gasteiger charge is 2.59. The molecule has 0 aromatic carbocycles. The zero-order valence-corrected chi connectivity index (χ0v) is 19.4. The van der Waals surface area contributed by atoms with E-state index in [1.807, 2.05) is 13.8 Å². The summed E-state index contributed by atoms with van der Waals surface area (Å²) in [6.07, 6.45) is 13.0. The first-order chi connectivity index (χ1) is 13.5. The Balaban J connectivity index is 1.47. The number of rotatable bonds is 5. The minimum atomic E-state index is -0.644. The van der Waals surface area contributed by atoms with Crippen molar-refractivity contribution in [2.75, 3.05) is 6.61 Å². The molecule has 0 heterocycles. The van der Waals surface area contributed by atoms with Crippen LogP contribution >= 0.6 is 0 Å². The molecule has 2 N–H and O–H groups in total. The molecule has 4 rings (SSSR count). The summed E-state index contributed by atoms with van der Waals surface area (Å²) in [4.78, 5) is 0. The molecule has 3 saturated carbocycles. The fraction of sp³-hybridized carbons (Fsp3) is 0.923. The molecule has 4 aliphatic carbocycles. The lowest BCUT2D eigenvalue weighted by molar-refractivity contribution is -0.0862. The number of aliphatic hydroxyl groups excluding tert-OH is 1. The normalized spacial score (nSPS) is 45.8. The molecule has 3 heteroatoms. The molecule has 0 spiro atoms. The van der Waals surface area contributed by atoms with E-state index >= 15 is 0 Å². The minimum absolute atomic E-state index is 0.113. The Kier molecular flexibility index (Phi) is 5.75. The Morgan fingerprint density at radius 1 is 1.14 bits per heavy atom. The number of ether oxygens (including phenoxy) is 1. The third-order valence-corrected chi connectivity index (χ3v) is 9.81. The van der Waals surface area contributed by atoms with Gasteiger partial charge in [-0.2, -0.15) is 0 Å². The average molecular weight is 405 g/mol. The quantitative estimate of drug-likeness (QED) is 0.596. The van der Waals surface area contributed by atoms with E-state index in [1.54, 1.807) is 5.57 Å². The van der Waals surface area contributed by atoms with Gasteiger partial charge in [0.2, 0.25) is 0 Å². The van der Waals surface area contributed by atoms with Crippen molar-refractivity contribution in [2.24, 2.45) is 34.5 Å². The van der Waals surface area contributed by atoms with Crippen molar-refractivity contribution in [3.8, 4) is 0 Å². The van der Waals surface area contributed by atoms with Crippen LogP contribution in [0.2, 0.25) is 0 Å². The predicted octanol–water partition coefficient (Wildman–Crippen LogP) is 5.49. The number of hydrogen-bond acceptors (Lipinski definition) is 3. The van der Waals surface area contributed by atoms with E-state index in [0.29, 0.717) is 29.8 Å². The van der Waals surface area contributed by atoms with Crippen LogP contribution in [0, 0.1) is 34.5 Å². The van der Waals surface area contributed by atoms with Crippen molar-refractivity contribution in [3.63, 3.8) is 0 Å². The lowest BCUT2D eigenvalue weighted by Crippen LogP contribution is -2.51. The first-order valence-corrected chi connectivity index (χ1v) is 12.3. The largest absolute Gasteiger partial charge is 0.393 e. The molecule has 0 saturated heterocycles. The maximum Gasteiger partial charge on any atom is 0.0613 e. The van der Waals surface area contributed by atoms with Gasteiger partial charge in [0.05, 0.1) is 17.8 Å². The molecule has 3 nitrogen and oxygen atoms in total. The molecule has 0 aromatic rings. The van der Waals surface area contributed by atoms with Crippen LogP contribution in [0.3, 0.4) is 0 Å². The third kappa shape index (κ3) is 3.85. The van der Waals surface area contributed by atoms with Crippen molar-refractivity contribution in [3.05, 3.63) is 11.6 Å². The SMILES string of the molecule is C[C@H](OCCC(C)(C)O)[C@H]1CC[C@H]2[C@@H]3CC=C4C[C@@H](O)CC[C@]4(C)[C@H]3CC[C@]12C. The monoisotopic (exact) mass is 404 g/mol. The summed E-state index contributed by atoms with van der Waals surface area (Å²) >= 11 is 0. The fourth-order valence-corrected chi connectivity index (χ4v) is 8.06. The maximum atomic E-state index is 10.2. The zero-order valence-electron chi connectivity index (χ0n) is 19.4. The van der Waals surface area contributed by atoms with Crippen molar-refractivity contribution in [1.29, 1.82) is 0 Å². The molecule has 0 unspecified atom stereocenters. The fourth-order valence-electron chi connectivity index (χ4n) is 8.06. The van der Waals surface area contributed by atoms with Gasteiger partial charge < -0.3 is 14.9 Å². The van der Waals surface area contributed by atoms with Crippen LogP contribution in [0.1, 0.15) is 92.4 Å². The highest BCUT2D eigenvalue weighted by Crippen LogP contribution is 2.66. The van der Waals surface area contributed by atoms with E-state index in [9.17, 15) is 10.2 Å². The van der Waals surface area contributed by atoms with Crippen molar-refractivity contribution in [2.45, 2.75) is 110 Å². The second kappa shape index (κ2) is 7.64. The number of aliphatic hydroxyl groups is 2. The van der Waals surface area contributed by atoms with Crippen LogP contribution in [0.25, 0.3) is 0 Å². The van der Waals surface area contributed by atoms with E-state index in [2.05, 4.69) is 26.8 Å². The van der Waals surface area contributed by atoms with Crippen molar-refractivity contribution < 1.29 is 14.9 Å². The second-order valence-electron chi connectivity index (χ2n) is 12.0. The third-order valence-electron chi connectivity index (χ3n) is 9.81. The first kappa shape index (κ1) is 21.8. The lowest BCUT2D eigenvalue weighted by Gasteiger charge is -2.58. The van der Waals surface area contributed by atoms with Crippen LogP contribution in [-0.2, 0) is 4.74 Å². The van der Waals surface area contributed by atoms with Gasteiger partial charge in [0.15, 0.2) is 0 Å². The van der Waals surface area contributed by atoms with Gasteiger partial charge in [0, 0.05) is 6.61 Å². The molecule has 166 valence electrons. The van der Waals surface area contributed by atoms with Gasteiger partial charge in [0.25, 0.3) is 0 Å². The summed E-state index contributed by atoms with van der Waals surface area (Å²) < 4.78 is 6.27. The molecule has 29 heavy (non-hydrogen) atoms. The summed E-state index contributed by atoms with van der Waals surface area (Å²) in [5.74, 6) is 3.07. The molecule has 3 fully saturated rings. The van der Waals surface area contributed by atoms with Crippen LogP contribution in [0.15, 0.2) is 11.6 Å². The lowest BCUT2D eigenvalue weighted by atomic mass is 9.47. The summed E-state index contributed by atoms with van der Waals surface area (Å²) in [6.45, 7) is 11.7. The van der Waals surface area contributed by atoms with Gasteiger partial charge in [-0.1, -0.05) is 25.5 Å². The summed E-state index contributed by atoms with van der Waals surface area (Å²) in [7, 11) is 0. The summed E-state index contributed by atoms with van der Waals surface area (Å²) in [6, 6.07) is 0. The van der Waals surface area contributed by atoms with E-state index in [0.717, 1.165) is 30.6 Å². The Labute approximate surface area is 178 Å².